The summed E-state index contributed by atoms with van der Waals surface area (Å²) in [5, 5.41) is -0.648. The highest BCUT2D eigenvalue weighted by Gasteiger charge is 2.40. The van der Waals surface area contributed by atoms with E-state index >= 15 is 0 Å². The number of allylic oxidation sites excluding steroid dienone is 1. The second-order valence-corrected chi connectivity index (χ2v) is 12.3. The zero-order valence-corrected chi connectivity index (χ0v) is 22.6. The molecule has 2 aromatic carbocycles. The van der Waals surface area contributed by atoms with Gasteiger partial charge in [-0.15, -0.1) is 0 Å². The maximum absolute atomic E-state index is 13.6. The fourth-order valence-corrected chi connectivity index (χ4v) is 6.71. The van der Waals surface area contributed by atoms with Gasteiger partial charge < -0.3 is 9.47 Å². The van der Waals surface area contributed by atoms with Crippen molar-refractivity contribution >= 4 is 9.84 Å². The molecule has 0 N–H and O–H groups in total. The average Bonchev–Trinajstić information content (AvgIpc) is 2.79. The number of fused-ring (bicyclic) bond motifs is 1. The van der Waals surface area contributed by atoms with Crippen LogP contribution in [0, 0.1) is 20.8 Å². The second-order valence-electron chi connectivity index (χ2n) is 10.1. The lowest BCUT2D eigenvalue weighted by molar-refractivity contribution is 0.0564. The van der Waals surface area contributed by atoms with E-state index < -0.39 is 20.7 Å². The zero-order valence-electron chi connectivity index (χ0n) is 21.8. The molecule has 1 heterocycles. The minimum atomic E-state index is -3.53. The molecule has 4 nitrogen and oxygen atoms in total. The van der Waals surface area contributed by atoms with Crippen LogP contribution in [-0.4, -0.2) is 25.9 Å². The van der Waals surface area contributed by atoms with Crippen LogP contribution < -0.4 is 9.47 Å². The highest BCUT2D eigenvalue weighted by atomic mass is 32.2. The summed E-state index contributed by atoms with van der Waals surface area (Å²) in [5.74, 6) is 1.88. The lowest BCUT2D eigenvalue weighted by Gasteiger charge is -2.39. The predicted molar refractivity (Wildman–Crippen MR) is 140 cm³/mol. The third-order valence-electron chi connectivity index (χ3n) is 6.93. The number of hydrogen-bond acceptors (Lipinski definition) is 4. The molecule has 1 unspecified atom stereocenters. The van der Waals surface area contributed by atoms with E-state index in [1.165, 1.54) is 5.56 Å². The minimum absolute atomic E-state index is 0.356. The SMILES string of the molecule is CCCCOc1c(C)c(C)c2c(c1C)CC[C@](C)(CC(C=C(C)C)S(=O)(=O)c1ccccc1)O2. The number of unbranched alkanes of at least 4 members (excludes halogenated alkanes) is 1. The molecule has 5 heteroatoms. The summed E-state index contributed by atoms with van der Waals surface area (Å²) in [6.45, 7) is 15.1. The summed E-state index contributed by atoms with van der Waals surface area (Å²) >= 11 is 0. The Morgan fingerprint density at radius 1 is 1.12 bits per heavy atom. The van der Waals surface area contributed by atoms with Crippen molar-refractivity contribution in [2.75, 3.05) is 6.61 Å². The fraction of sp³-hybridized carbons (Fsp3) is 0.517. The summed E-state index contributed by atoms with van der Waals surface area (Å²) in [4.78, 5) is 0.356. The first-order valence-electron chi connectivity index (χ1n) is 12.4. The molecule has 1 aliphatic heterocycles. The molecule has 3 rings (SSSR count). The summed E-state index contributed by atoms with van der Waals surface area (Å²) in [6, 6.07) is 8.74. The topological polar surface area (TPSA) is 52.6 Å². The van der Waals surface area contributed by atoms with E-state index in [2.05, 4.69) is 34.6 Å². The van der Waals surface area contributed by atoms with E-state index in [1.807, 2.05) is 26.0 Å². The molecule has 2 aromatic rings. The first kappa shape index (κ1) is 26.3. The van der Waals surface area contributed by atoms with Crippen molar-refractivity contribution in [2.45, 2.75) is 96.3 Å². The molecule has 1 aliphatic rings. The Labute approximate surface area is 206 Å². The molecule has 0 bridgehead atoms. The standard InChI is InChI=1S/C29H40O4S/c1-8-9-17-32-27-21(4)22(5)28-26(23(27)6)15-16-29(7,33-28)19-25(18-20(2)3)34(30,31)24-13-11-10-12-14-24/h10-14,18,25H,8-9,15-17,19H2,1-7H3/t25?,29-/m1/s1. The van der Waals surface area contributed by atoms with Crippen molar-refractivity contribution in [1.82, 2.24) is 0 Å². The van der Waals surface area contributed by atoms with Gasteiger partial charge in [0.25, 0.3) is 0 Å². The summed E-state index contributed by atoms with van der Waals surface area (Å²) in [5.41, 5.74) is 4.93. The van der Waals surface area contributed by atoms with Gasteiger partial charge in [0, 0.05) is 12.0 Å². The van der Waals surface area contributed by atoms with Crippen molar-refractivity contribution < 1.29 is 17.9 Å². The molecule has 0 spiro atoms. The van der Waals surface area contributed by atoms with Crippen molar-refractivity contribution in [2.24, 2.45) is 0 Å². The second kappa shape index (κ2) is 10.6. The lowest BCUT2D eigenvalue weighted by atomic mass is 9.84. The average molecular weight is 485 g/mol. The van der Waals surface area contributed by atoms with Gasteiger partial charge in [0.2, 0.25) is 0 Å². The van der Waals surface area contributed by atoms with E-state index in [0.29, 0.717) is 11.3 Å². The van der Waals surface area contributed by atoms with Gasteiger partial charge in [-0.1, -0.05) is 43.2 Å². The van der Waals surface area contributed by atoms with E-state index in [1.54, 1.807) is 24.3 Å². The Kier molecular flexibility index (Phi) is 8.18. The smallest absolute Gasteiger partial charge is 0.184 e. The van der Waals surface area contributed by atoms with E-state index in [4.69, 9.17) is 9.47 Å². The number of ether oxygens (including phenoxy) is 2. The van der Waals surface area contributed by atoms with Crippen molar-refractivity contribution in [1.29, 1.82) is 0 Å². The van der Waals surface area contributed by atoms with Crippen LogP contribution in [0.15, 0.2) is 46.9 Å². The maximum Gasteiger partial charge on any atom is 0.184 e. The summed E-state index contributed by atoms with van der Waals surface area (Å²) < 4.78 is 40.0. The molecule has 0 amide bonds. The third kappa shape index (κ3) is 5.51. The fourth-order valence-electron chi connectivity index (χ4n) is 4.80. The van der Waals surface area contributed by atoms with Gasteiger partial charge in [-0.3, -0.25) is 0 Å². The lowest BCUT2D eigenvalue weighted by Crippen LogP contribution is -2.41. The van der Waals surface area contributed by atoms with Crippen molar-refractivity contribution in [3.8, 4) is 11.5 Å². The molecule has 186 valence electrons. The summed E-state index contributed by atoms with van der Waals surface area (Å²) in [6.07, 6.45) is 6.01. The van der Waals surface area contributed by atoms with Crippen LogP contribution in [0.3, 0.4) is 0 Å². The van der Waals surface area contributed by atoms with Crippen LogP contribution in [0.1, 0.15) is 75.6 Å². The largest absolute Gasteiger partial charge is 0.493 e. The van der Waals surface area contributed by atoms with Crippen LogP contribution in [0.5, 0.6) is 11.5 Å². The van der Waals surface area contributed by atoms with E-state index in [9.17, 15) is 8.42 Å². The van der Waals surface area contributed by atoms with Crippen LogP contribution >= 0.6 is 0 Å². The molecule has 0 saturated heterocycles. The number of sulfone groups is 1. The van der Waals surface area contributed by atoms with Gasteiger partial charge in [-0.05, 0) is 89.6 Å². The molecule has 0 aromatic heterocycles. The monoisotopic (exact) mass is 484 g/mol. The van der Waals surface area contributed by atoms with Crippen molar-refractivity contribution in [3.05, 3.63) is 64.2 Å². The first-order chi connectivity index (χ1) is 16.0. The van der Waals surface area contributed by atoms with Crippen LogP contribution in [0.2, 0.25) is 0 Å². The van der Waals surface area contributed by atoms with Crippen LogP contribution in [0.25, 0.3) is 0 Å². The quantitative estimate of drug-likeness (QED) is 0.282. The normalized spacial score (nSPS) is 18.6. The molecule has 0 aliphatic carbocycles. The Bertz CT molecular complexity index is 1140. The van der Waals surface area contributed by atoms with Gasteiger partial charge in [-0.25, -0.2) is 8.42 Å². The third-order valence-corrected chi connectivity index (χ3v) is 8.96. The van der Waals surface area contributed by atoms with Gasteiger partial charge in [0.1, 0.15) is 17.1 Å². The molecule has 0 fully saturated rings. The number of benzene rings is 2. The minimum Gasteiger partial charge on any atom is -0.493 e. The summed E-state index contributed by atoms with van der Waals surface area (Å²) in [7, 11) is -3.53. The van der Waals surface area contributed by atoms with E-state index in [0.717, 1.165) is 66.1 Å². The number of rotatable bonds is 9. The van der Waals surface area contributed by atoms with Gasteiger partial charge in [0.05, 0.1) is 16.8 Å². The molecule has 0 saturated carbocycles. The van der Waals surface area contributed by atoms with Gasteiger partial charge >= 0.3 is 0 Å². The Morgan fingerprint density at radius 2 is 1.79 bits per heavy atom. The molecule has 34 heavy (non-hydrogen) atoms. The van der Waals surface area contributed by atoms with Crippen LogP contribution in [0.4, 0.5) is 0 Å². The first-order valence-corrected chi connectivity index (χ1v) is 13.9. The Morgan fingerprint density at radius 3 is 2.41 bits per heavy atom. The molecule has 0 radical (unpaired) electrons. The Hall–Kier alpha value is -2.27. The molecular formula is C29H40O4S. The van der Waals surface area contributed by atoms with E-state index in [-0.39, 0.29) is 0 Å². The van der Waals surface area contributed by atoms with Crippen molar-refractivity contribution in [3.63, 3.8) is 0 Å². The Balaban J connectivity index is 1.95. The predicted octanol–water partition coefficient (Wildman–Crippen LogP) is 7.07. The number of hydrogen-bond donors (Lipinski definition) is 0. The molecular weight excluding hydrogens is 444 g/mol. The maximum atomic E-state index is 13.6. The van der Waals surface area contributed by atoms with Gasteiger partial charge in [-0.2, -0.15) is 0 Å². The highest BCUT2D eigenvalue weighted by Crippen LogP contribution is 2.45. The molecule has 2 atom stereocenters. The van der Waals surface area contributed by atoms with Gasteiger partial charge in [0.15, 0.2) is 9.84 Å². The highest BCUT2D eigenvalue weighted by molar-refractivity contribution is 7.92. The van der Waals surface area contributed by atoms with Crippen LogP contribution in [-0.2, 0) is 16.3 Å². The zero-order chi connectivity index (χ0) is 25.1.